The number of methoxy groups -OCH3 is 1. The fraction of sp³-hybridized carbons (Fsp3) is 0.286. The summed E-state index contributed by atoms with van der Waals surface area (Å²) < 4.78 is 7.05. The van der Waals surface area contributed by atoms with Gasteiger partial charge in [0.05, 0.1) is 7.11 Å². The van der Waals surface area contributed by atoms with Gasteiger partial charge in [-0.3, -0.25) is 4.79 Å². The van der Waals surface area contributed by atoms with Crippen LogP contribution in [0.1, 0.15) is 26.4 Å². The van der Waals surface area contributed by atoms with Crippen molar-refractivity contribution in [3.63, 3.8) is 0 Å². The number of anilines is 1. The molecule has 1 N–H and O–H groups in total. The normalized spacial score (nSPS) is 15.0. The number of hydrogen-bond donors (Lipinski definition) is 1. The second-order valence-electron chi connectivity index (χ2n) is 7.10. The quantitative estimate of drug-likeness (QED) is 0.761. The fourth-order valence-corrected chi connectivity index (χ4v) is 3.38. The Labute approximate surface area is 157 Å². The molecule has 3 aromatic rings. The maximum Gasteiger partial charge on any atom is 0.300 e. The minimum atomic E-state index is -0.327. The van der Waals surface area contributed by atoms with E-state index in [2.05, 4.69) is 24.1 Å². The van der Waals surface area contributed by atoms with E-state index in [1.165, 1.54) is 0 Å². The molecule has 138 valence electrons. The molecule has 6 nitrogen and oxygen atoms in total. The average Bonchev–Trinajstić information content (AvgIpc) is 2.67. The van der Waals surface area contributed by atoms with Gasteiger partial charge in [0, 0.05) is 16.8 Å². The highest BCUT2D eigenvalue weighted by atomic mass is 16.5. The molecule has 2 heterocycles. The lowest BCUT2D eigenvalue weighted by molar-refractivity contribution is 0.398. The van der Waals surface area contributed by atoms with Gasteiger partial charge >= 0.3 is 0 Å². The molecule has 0 amide bonds. The van der Waals surface area contributed by atoms with E-state index in [4.69, 9.17) is 9.84 Å². The van der Waals surface area contributed by atoms with Gasteiger partial charge in [-0.1, -0.05) is 26.0 Å². The van der Waals surface area contributed by atoms with Crippen molar-refractivity contribution in [3.05, 3.63) is 58.9 Å². The molecule has 0 saturated heterocycles. The third kappa shape index (κ3) is 3.18. The lowest BCUT2D eigenvalue weighted by Gasteiger charge is -2.31. The predicted octanol–water partition coefficient (Wildman–Crippen LogP) is 3.95. The van der Waals surface area contributed by atoms with Gasteiger partial charge in [-0.05, 0) is 48.7 Å². The molecule has 0 bridgehead atoms. The number of nitrogens with one attached hydrogen (secondary N) is 1. The summed E-state index contributed by atoms with van der Waals surface area (Å²) in [5.41, 5.74) is 2.62. The van der Waals surface area contributed by atoms with Gasteiger partial charge in [0.15, 0.2) is 11.5 Å². The molecule has 0 unspecified atom stereocenters. The van der Waals surface area contributed by atoms with Crippen molar-refractivity contribution >= 4 is 5.69 Å². The van der Waals surface area contributed by atoms with E-state index in [-0.39, 0.29) is 11.7 Å². The van der Waals surface area contributed by atoms with Crippen LogP contribution in [-0.2, 0) is 0 Å². The van der Waals surface area contributed by atoms with Gasteiger partial charge in [0.2, 0.25) is 0 Å². The molecule has 1 aliphatic heterocycles. The van der Waals surface area contributed by atoms with E-state index in [1.807, 2.05) is 53.2 Å². The molecule has 1 aromatic heterocycles. The monoisotopic (exact) mass is 362 g/mol. The van der Waals surface area contributed by atoms with Crippen molar-refractivity contribution in [2.75, 3.05) is 12.4 Å². The van der Waals surface area contributed by atoms with Gasteiger partial charge in [-0.25, -0.2) is 4.68 Å². The fourth-order valence-electron chi connectivity index (χ4n) is 3.38. The molecule has 0 radical (unpaired) electrons. The first kappa shape index (κ1) is 17.3. The van der Waals surface area contributed by atoms with Crippen LogP contribution in [0.2, 0.25) is 0 Å². The van der Waals surface area contributed by atoms with Crippen LogP contribution >= 0.6 is 0 Å². The minimum absolute atomic E-state index is 0.0556. The van der Waals surface area contributed by atoms with E-state index < -0.39 is 0 Å². The Morgan fingerprint density at radius 3 is 2.59 bits per heavy atom. The lowest BCUT2D eigenvalue weighted by Crippen LogP contribution is -2.32. The van der Waals surface area contributed by atoms with Crippen molar-refractivity contribution in [1.29, 1.82) is 0 Å². The third-order valence-corrected chi connectivity index (χ3v) is 4.68. The first-order valence-electron chi connectivity index (χ1n) is 9.08. The Kier molecular flexibility index (Phi) is 4.39. The number of rotatable bonds is 4. The van der Waals surface area contributed by atoms with Crippen molar-refractivity contribution in [2.24, 2.45) is 5.92 Å². The number of ether oxygens (including phenoxy) is 1. The van der Waals surface area contributed by atoms with Crippen molar-refractivity contribution in [2.45, 2.75) is 26.4 Å². The number of para-hydroxylation sites is 1. The standard InChI is InChI=1S/C21H22N4O2/c1-13(2)12-18-22-17-7-5-4-6-16(17)20-23-21(26)19(24-25(18)20)14-8-10-15(27-3)11-9-14/h4-11,13,18,22H,12H2,1-3H3/t18-/m1/s1. The summed E-state index contributed by atoms with van der Waals surface area (Å²) in [6, 6.07) is 15.2. The number of hydrogen-bond acceptors (Lipinski definition) is 5. The summed E-state index contributed by atoms with van der Waals surface area (Å²) in [5, 5.41) is 8.25. The Morgan fingerprint density at radius 2 is 1.89 bits per heavy atom. The molecule has 4 rings (SSSR count). The summed E-state index contributed by atoms with van der Waals surface area (Å²) in [6.07, 6.45) is 0.820. The second kappa shape index (κ2) is 6.87. The van der Waals surface area contributed by atoms with Gasteiger partial charge in [-0.2, -0.15) is 10.1 Å². The SMILES string of the molecule is COc1ccc(-c2nn3c(nc2=O)-c2ccccc2N[C@H]3CC(C)C)cc1. The van der Waals surface area contributed by atoms with Crippen LogP contribution in [-0.4, -0.2) is 21.9 Å². The summed E-state index contributed by atoms with van der Waals surface area (Å²) in [7, 11) is 1.61. The smallest absolute Gasteiger partial charge is 0.300 e. The Hall–Kier alpha value is -3.15. The van der Waals surface area contributed by atoms with Crippen LogP contribution in [0.15, 0.2) is 53.3 Å². The zero-order valence-corrected chi connectivity index (χ0v) is 15.6. The van der Waals surface area contributed by atoms with Crippen molar-refractivity contribution < 1.29 is 4.74 Å². The molecule has 0 saturated carbocycles. The van der Waals surface area contributed by atoms with Gasteiger partial charge in [0.1, 0.15) is 11.9 Å². The molecule has 27 heavy (non-hydrogen) atoms. The number of benzene rings is 2. The molecule has 1 atom stereocenters. The summed E-state index contributed by atoms with van der Waals surface area (Å²) in [6.45, 7) is 4.34. The van der Waals surface area contributed by atoms with Crippen LogP contribution in [0.5, 0.6) is 5.75 Å². The Balaban J connectivity index is 1.87. The highest BCUT2D eigenvalue weighted by molar-refractivity contribution is 5.76. The van der Waals surface area contributed by atoms with Gasteiger partial charge in [-0.15, -0.1) is 0 Å². The topological polar surface area (TPSA) is 69.0 Å². The Morgan fingerprint density at radius 1 is 1.15 bits per heavy atom. The molecule has 0 aliphatic carbocycles. The van der Waals surface area contributed by atoms with Crippen molar-refractivity contribution in [1.82, 2.24) is 14.8 Å². The zero-order valence-electron chi connectivity index (χ0n) is 15.6. The molecular formula is C21H22N4O2. The first-order chi connectivity index (χ1) is 13.1. The molecular weight excluding hydrogens is 340 g/mol. The maximum atomic E-state index is 12.7. The molecule has 0 spiro atoms. The number of fused-ring (bicyclic) bond motifs is 3. The van der Waals surface area contributed by atoms with E-state index in [9.17, 15) is 4.79 Å². The van der Waals surface area contributed by atoms with Crippen molar-refractivity contribution in [3.8, 4) is 28.4 Å². The highest BCUT2D eigenvalue weighted by Gasteiger charge is 2.27. The van der Waals surface area contributed by atoms with Crippen LogP contribution in [0, 0.1) is 5.92 Å². The van der Waals surface area contributed by atoms with Crippen LogP contribution in [0.3, 0.4) is 0 Å². The van der Waals surface area contributed by atoms with E-state index in [0.717, 1.165) is 29.0 Å². The van der Waals surface area contributed by atoms with Crippen LogP contribution in [0.25, 0.3) is 22.6 Å². The molecule has 1 aliphatic rings. The minimum Gasteiger partial charge on any atom is -0.497 e. The largest absolute Gasteiger partial charge is 0.497 e. The summed E-state index contributed by atoms with van der Waals surface area (Å²) in [5.74, 6) is 1.81. The molecule has 0 fully saturated rings. The first-order valence-corrected chi connectivity index (χ1v) is 9.08. The average molecular weight is 362 g/mol. The molecule has 2 aromatic carbocycles. The predicted molar refractivity (Wildman–Crippen MR) is 106 cm³/mol. The van der Waals surface area contributed by atoms with E-state index in [0.29, 0.717) is 17.4 Å². The van der Waals surface area contributed by atoms with Crippen LogP contribution in [0.4, 0.5) is 5.69 Å². The van der Waals surface area contributed by atoms with Crippen LogP contribution < -0.4 is 15.6 Å². The maximum absolute atomic E-state index is 12.7. The highest BCUT2D eigenvalue weighted by Crippen LogP contribution is 2.36. The Bertz CT molecular complexity index is 1030. The van der Waals surface area contributed by atoms with Gasteiger partial charge in [0.25, 0.3) is 5.56 Å². The second-order valence-corrected chi connectivity index (χ2v) is 7.10. The number of nitrogens with zero attached hydrogens (tertiary/aromatic N) is 3. The third-order valence-electron chi connectivity index (χ3n) is 4.68. The summed E-state index contributed by atoms with van der Waals surface area (Å²) >= 11 is 0. The molecule has 6 heteroatoms. The summed E-state index contributed by atoms with van der Waals surface area (Å²) in [4.78, 5) is 17.2. The lowest BCUT2D eigenvalue weighted by atomic mass is 10.0. The van der Waals surface area contributed by atoms with Gasteiger partial charge < -0.3 is 10.1 Å². The number of aromatic nitrogens is 3. The zero-order chi connectivity index (χ0) is 19.0. The van der Waals surface area contributed by atoms with E-state index in [1.54, 1.807) is 7.11 Å². The van der Waals surface area contributed by atoms with E-state index >= 15 is 0 Å².